The smallest absolute Gasteiger partial charge is 0.138 e. The number of furan rings is 1. The van der Waals surface area contributed by atoms with Crippen molar-refractivity contribution in [3.05, 3.63) is 105 Å². The van der Waals surface area contributed by atoms with Crippen molar-refractivity contribution in [2.75, 3.05) is 0 Å². The van der Waals surface area contributed by atoms with Gasteiger partial charge >= 0.3 is 0 Å². The first kappa shape index (κ1) is 32.7. The Morgan fingerprint density at radius 3 is 1.38 bits per heavy atom. The summed E-state index contributed by atoms with van der Waals surface area (Å²) in [5, 5.41) is 24.7. The molecule has 238 valence electrons. The Balaban J connectivity index is 1.56. The van der Waals surface area contributed by atoms with Gasteiger partial charge in [0.25, 0.3) is 0 Å². The van der Waals surface area contributed by atoms with Gasteiger partial charge in [0.1, 0.15) is 22.7 Å². The topological polar surface area (TPSA) is 53.6 Å². The second kappa shape index (κ2) is 11.0. The number of rotatable bonds is 4. The Hall–Kier alpha value is -3.72. The molecule has 2 N–H and O–H groups in total. The van der Waals surface area contributed by atoms with Crippen molar-refractivity contribution in [1.82, 2.24) is 0 Å². The largest absolute Gasteiger partial charge is 0.507 e. The number of benzene rings is 4. The minimum atomic E-state index is -0.180. The zero-order valence-corrected chi connectivity index (χ0v) is 29.5. The lowest BCUT2D eigenvalue weighted by Crippen LogP contribution is -2.18. The van der Waals surface area contributed by atoms with E-state index in [1.807, 2.05) is 0 Å². The van der Waals surface area contributed by atoms with Crippen molar-refractivity contribution in [3.8, 4) is 11.5 Å². The molecule has 0 aliphatic heterocycles. The number of hydrogen-bond donors (Lipinski definition) is 2. The highest BCUT2D eigenvalue weighted by molar-refractivity contribution is 6.06. The Bertz CT molecular complexity index is 1820. The molecule has 0 bridgehead atoms. The van der Waals surface area contributed by atoms with Gasteiger partial charge in [0.2, 0.25) is 0 Å². The first-order chi connectivity index (χ1) is 20.6. The molecule has 0 fully saturated rings. The summed E-state index contributed by atoms with van der Waals surface area (Å²) in [4.78, 5) is 0. The maximum Gasteiger partial charge on any atom is 0.138 e. The minimum absolute atomic E-state index is 0.169. The van der Waals surface area contributed by atoms with E-state index in [1.165, 1.54) is 16.7 Å². The van der Waals surface area contributed by atoms with Crippen molar-refractivity contribution in [2.45, 2.75) is 118 Å². The normalized spacial score (nSPS) is 13.2. The van der Waals surface area contributed by atoms with Gasteiger partial charge in [-0.3, -0.25) is 0 Å². The van der Waals surface area contributed by atoms with Crippen LogP contribution in [0.1, 0.15) is 128 Å². The first-order valence-electron chi connectivity index (χ1n) is 16.3. The second-order valence-electron chi connectivity index (χ2n) is 17.2. The molecule has 0 amide bonds. The second-order valence-corrected chi connectivity index (χ2v) is 17.2. The number of hydrogen-bond acceptors (Lipinski definition) is 3. The van der Waals surface area contributed by atoms with E-state index in [0.29, 0.717) is 11.5 Å². The molecule has 0 saturated heterocycles. The molecular formula is C42H52O3. The molecule has 1 aromatic heterocycles. The van der Waals surface area contributed by atoms with E-state index in [9.17, 15) is 10.2 Å². The highest BCUT2D eigenvalue weighted by Gasteiger charge is 2.28. The zero-order chi connectivity index (χ0) is 33.3. The maximum atomic E-state index is 11.2. The molecule has 3 nitrogen and oxygen atoms in total. The van der Waals surface area contributed by atoms with Gasteiger partial charge in [-0.1, -0.05) is 138 Å². The Morgan fingerprint density at radius 1 is 0.489 bits per heavy atom. The van der Waals surface area contributed by atoms with Crippen LogP contribution < -0.4 is 0 Å². The van der Waals surface area contributed by atoms with Gasteiger partial charge in [0.15, 0.2) is 0 Å². The third kappa shape index (κ3) is 6.50. The number of aromatic hydroxyl groups is 2. The quantitative estimate of drug-likeness (QED) is 0.215. The van der Waals surface area contributed by atoms with Crippen LogP contribution in [0.3, 0.4) is 0 Å². The molecule has 0 unspecified atom stereocenters. The highest BCUT2D eigenvalue weighted by atomic mass is 16.3. The van der Waals surface area contributed by atoms with Crippen LogP contribution in [0.15, 0.2) is 65.1 Å². The molecule has 0 aliphatic rings. The Labute approximate surface area is 270 Å². The Morgan fingerprint density at radius 2 is 0.933 bits per heavy atom. The highest BCUT2D eigenvalue weighted by Crippen LogP contribution is 2.42. The maximum absolute atomic E-state index is 11.2. The summed E-state index contributed by atoms with van der Waals surface area (Å²) < 4.78 is 6.64. The van der Waals surface area contributed by atoms with E-state index in [4.69, 9.17) is 4.42 Å². The molecule has 3 heteroatoms. The third-order valence-corrected chi connectivity index (χ3v) is 9.02. The van der Waals surface area contributed by atoms with E-state index in [2.05, 4.69) is 144 Å². The molecule has 0 aliphatic carbocycles. The molecular weight excluding hydrogens is 552 g/mol. The number of phenols is 2. The molecule has 1 heterocycles. The fraction of sp³-hybridized carbons (Fsp3) is 0.429. The summed E-state index contributed by atoms with van der Waals surface area (Å²) in [5.41, 5.74) is 9.71. The standard InChI is InChI=1S/C42H52O3/c1-39(2,3)31-20-26(21-32(36(31)43)40(4,5)6)18-25-16-17-29-30-15-13-14-28(38(30)45-35(29)24-25)19-27-22-33(41(7,8)9)37(44)34(23-27)42(10,11)12/h13-17,20-24,43-44H,18-19H2,1-12H3. The van der Waals surface area contributed by atoms with Gasteiger partial charge in [-0.25, -0.2) is 0 Å². The summed E-state index contributed by atoms with van der Waals surface area (Å²) in [5.74, 6) is 0.822. The van der Waals surface area contributed by atoms with E-state index >= 15 is 0 Å². The predicted octanol–water partition coefficient (Wildman–Crippen LogP) is 11.4. The van der Waals surface area contributed by atoms with Crippen LogP contribution >= 0.6 is 0 Å². The summed E-state index contributed by atoms with van der Waals surface area (Å²) in [6.45, 7) is 25.9. The minimum Gasteiger partial charge on any atom is -0.507 e. The van der Waals surface area contributed by atoms with Gasteiger partial charge in [-0.05, 0) is 78.7 Å². The van der Waals surface area contributed by atoms with E-state index in [0.717, 1.165) is 62.6 Å². The van der Waals surface area contributed by atoms with E-state index in [1.54, 1.807) is 0 Å². The molecule has 4 aromatic carbocycles. The molecule has 0 radical (unpaired) electrons. The fourth-order valence-corrected chi connectivity index (χ4v) is 6.49. The van der Waals surface area contributed by atoms with Crippen LogP contribution in [0.25, 0.3) is 21.9 Å². The van der Waals surface area contributed by atoms with Crippen molar-refractivity contribution < 1.29 is 14.6 Å². The Kier molecular flexibility index (Phi) is 7.96. The summed E-state index contributed by atoms with van der Waals surface area (Å²) in [6, 6.07) is 21.7. The molecule has 0 saturated carbocycles. The average Bonchev–Trinajstić information content (AvgIpc) is 3.26. The zero-order valence-electron chi connectivity index (χ0n) is 29.5. The molecule has 45 heavy (non-hydrogen) atoms. The summed E-state index contributed by atoms with van der Waals surface area (Å²) >= 11 is 0. The number of fused-ring (bicyclic) bond motifs is 3. The van der Waals surface area contributed by atoms with Crippen LogP contribution in [0.4, 0.5) is 0 Å². The lowest BCUT2D eigenvalue weighted by atomic mass is 9.78. The van der Waals surface area contributed by atoms with Gasteiger partial charge in [0.05, 0.1) is 0 Å². The number of para-hydroxylation sites is 1. The third-order valence-electron chi connectivity index (χ3n) is 9.02. The molecule has 0 atom stereocenters. The van der Waals surface area contributed by atoms with Crippen molar-refractivity contribution >= 4 is 21.9 Å². The SMILES string of the molecule is CC(C)(C)c1cc(Cc2ccc3c(c2)oc2c(Cc4cc(C(C)(C)C)c(O)c(C(C)(C)C)c4)cccc23)cc(C(C)(C)C)c1O. The van der Waals surface area contributed by atoms with Crippen LogP contribution in [0.2, 0.25) is 0 Å². The average molecular weight is 605 g/mol. The lowest BCUT2D eigenvalue weighted by molar-refractivity contribution is 0.422. The van der Waals surface area contributed by atoms with Crippen LogP contribution in [0.5, 0.6) is 11.5 Å². The van der Waals surface area contributed by atoms with E-state index < -0.39 is 0 Å². The van der Waals surface area contributed by atoms with Crippen LogP contribution in [0, 0.1) is 0 Å². The van der Waals surface area contributed by atoms with Gasteiger partial charge in [0, 0.05) is 17.2 Å². The van der Waals surface area contributed by atoms with E-state index in [-0.39, 0.29) is 21.7 Å². The van der Waals surface area contributed by atoms with Crippen molar-refractivity contribution in [3.63, 3.8) is 0 Å². The van der Waals surface area contributed by atoms with Crippen LogP contribution in [-0.4, -0.2) is 10.2 Å². The van der Waals surface area contributed by atoms with Crippen molar-refractivity contribution in [1.29, 1.82) is 0 Å². The number of phenolic OH excluding ortho intramolecular Hbond substituents is 2. The fourth-order valence-electron chi connectivity index (χ4n) is 6.49. The van der Waals surface area contributed by atoms with Gasteiger partial charge < -0.3 is 14.6 Å². The summed E-state index contributed by atoms with van der Waals surface area (Å²) in [7, 11) is 0. The molecule has 0 spiro atoms. The predicted molar refractivity (Wildman–Crippen MR) is 190 cm³/mol. The van der Waals surface area contributed by atoms with Crippen LogP contribution in [-0.2, 0) is 34.5 Å². The van der Waals surface area contributed by atoms with Gasteiger partial charge in [-0.2, -0.15) is 0 Å². The molecule has 5 rings (SSSR count). The monoisotopic (exact) mass is 604 g/mol. The van der Waals surface area contributed by atoms with Gasteiger partial charge in [-0.15, -0.1) is 0 Å². The summed E-state index contributed by atoms with van der Waals surface area (Å²) in [6.07, 6.45) is 1.47. The molecule has 5 aromatic rings. The first-order valence-corrected chi connectivity index (χ1v) is 16.3. The lowest BCUT2D eigenvalue weighted by Gasteiger charge is -2.28. The van der Waals surface area contributed by atoms with Crippen molar-refractivity contribution in [2.24, 2.45) is 0 Å².